The molecule has 0 unspecified atom stereocenters. The number of anilines is 1. The Morgan fingerprint density at radius 3 is 2.73 bits per heavy atom. The Hall–Kier alpha value is -2.35. The highest BCUT2D eigenvalue weighted by atomic mass is 32.1. The number of halogens is 1. The van der Waals surface area contributed by atoms with Gasteiger partial charge in [-0.2, -0.15) is 0 Å². The van der Waals surface area contributed by atoms with Crippen LogP contribution in [0, 0.1) is 19.7 Å². The molecule has 0 spiro atoms. The fourth-order valence-corrected chi connectivity index (χ4v) is 4.61. The third kappa shape index (κ3) is 4.69. The molecule has 4 rings (SSSR count). The number of ether oxygens (including phenoxy) is 1. The minimum absolute atomic E-state index is 0.0698. The highest BCUT2D eigenvalue weighted by molar-refractivity contribution is 7.22. The van der Waals surface area contributed by atoms with Crippen molar-refractivity contribution in [3.05, 3.63) is 58.9 Å². The van der Waals surface area contributed by atoms with Gasteiger partial charge in [0.2, 0.25) is 0 Å². The summed E-state index contributed by atoms with van der Waals surface area (Å²) in [5.74, 6) is -0.364. The number of hydrogen-bond acceptors (Lipinski definition) is 5. The van der Waals surface area contributed by atoms with Crippen molar-refractivity contribution in [3.63, 3.8) is 0 Å². The first-order valence-electron chi connectivity index (χ1n) is 10.3. The SMILES string of the molecule is Cc1ccc(C(=O)N(CCCN2CCOCC2)c2nc3ccc(F)cc3s2)cc1C. The third-order valence-electron chi connectivity index (χ3n) is 5.53. The summed E-state index contributed by atoms with van der Waals surface area (Å²) in [6, 6.07) is 10.3. The van der Waals surface area contributed by atoms with Crippen LogP contribution in [0.4, 0.5) is 9.52 Å². The van der Waals surface area contributed by atoms with Crippen LogP contribution >= 0.6 is 11.3 Å². The molecule has 5 nitrogen and oxygen atoms in total. The number of aromatic nitrogens is 1. The summed E-state index contributed by atoms with van der Waals surface area (Å²) >= 11 is 1.36. The summed E-state index contributed by atoms with van der Waals surface area (Å²) in [4.78, 5) is 22.1. The highest BCUT2D eigenvalue weighted by Crippen LogP contribution is 2.30. The molecule has 1 fully saturated rings. The number of carbonyl (C=O) groups excluding carboxylic acids is 1. The lowest BCUT2D eigenvalue weighted by molar-refractivity contribution is 0.0376. The maximum atomic E-state index is 13.6. The van der Waals surface area contributed by atoms with Crippen molar-refractivity contribution in [2.45, 2.75) is 20.3 Å². The lowest BCUT2D eigenvalue weighted by atomic mass is 10.1. The average Bonchev–Trinajstić information content (AvgIpc) is 3.16. The van der Waals surface area contributed by atoms with Gasteiger partial charge in [-0.25, -0.2) is 9.37 Å². The molecule has 1 aliphatic rings. The first-order valence-corrected chi connectivity index (χ1v) is 11.1. The molecule has 0 saturated carbocycles. The number of aryl methyl sites for hydroxylation is 2. The lowest BCUT2D eigenvalue weighted by Crippen LogP contribution is -2.39. The van der Waals surface area contributed by atoms with Gasteiger partial charge in [-0.1, -0.05) is 17.4 Å². The van der Waals surface area contributed by atoms with Crippen LogP contribution in [-0.4, -0.2) is 55.2 Å². The zero-order valence-corrected chi connectivity index (χ0v) is 18.2. The Kier molecular flexibility index (Phi) is 6.41. The Labute approximate surface area is 180 Å². The third-order valence-corrected chi connectivity index (χ3v) is 6.57. The van der Waals surface area contributed by atoms with Gasteiger partial charge in [-0.15, -0.1) is 0 Å². The summed E-state index contributed by atoms with van der Waals surface area (Å²) in [7, 11) is 0. The van der Waals surface area contributed by atoms with E-state index in [-0.39, 0.29) is 11.7 Å². The van der Waals surface area contributed by atoms with Gasteiger partial charge >= 0.3 is 0 Å². The van der Waals surface area contributed by atoms with Crippen LogP contribution in [0.1, 0.15) is 27.9 Å². The second kappa shape index (κ2) is 9.20. The fraction of sp³-hybridized carbons (Fsp3) is 0.391. The molecular weight excluding hydrogens is 401 g/mol. The molecule has 0 bridgehead atoms. The van der Waals surface area contributed by atoms with Gasteiger partial charge in [0, 0.05) is 31.7 Å². The van der Waals surface area contributed by atoms with E-state index in [0.29, 0.717) is 22.8 Å². The zero-order chi connectivity index (χ0) is 21.1. The molecule has 158 valence electrons. The zero-order valence-electron chi connectivity index (χ0n) is 17.4. The number of amides is 1. The van der Waals surface area contributed by atoms with Gasteiger partial charge in [0.1, 0.15) is 5.82 Å². The number of benzene rings is 2. The van der Waals surface area contributed by atoms with Crippen LogP contribution in [0.5, 0.6) is 0 Å². The maximum absolute atomic E-state index is 13.6. The van der Waals surface area contributed by atoms with E-state index in [1.165, 1.54) is 23.5 Å². The van der Waals surface area contributed by atoms with Crippen molar-refractivity contribution in [3.8, 4) is 0 Å². The van der Waals surface area contributed by atoms with Crippen LogP contribution < -0.4 is 4.90 Å². The van der Waals surface area contributed by atoms with E-state index in [0.717, 1.165) is 55.1 Å². The summed E-state index contributed by atoms with van der Waals surface area (Å²) in [6.45, 7) is 8.87. The van der Waals surface area contributed by atoms with Gasteiger partial charge in [0.15, 0.2) is 5.13 Å². The molecule has 0 N–H and O–H groups in total. The number of carbonyl (C=O) groups is 1. The van der Waals surface area contributed by atoms with Crippen LogP contribution in [0.3, 0.4) is 0 Å². The molecule has 2 aromatic carbocycles. The molecule has 1 aromatic heterocycles. The molecule has 1 amide bonds. The predicted molar refractivity (Wildman–Crippen MR) is 119 cm³/mol. The summed E-state index contributed by atoms with van der Waals surface area (Å²) in [6.07, 6.45) is 0.834. The minimum atomic E-state index is -0.294. The van der Waals surface area contributed by atoms with Crippen LogP contribution in [0.2, 0.25) is 0 Å². The van der Waals surface area contributed by atoms with Crippen molar-refractivity contribution in [1.29, 1.82) is 0 Å². The number of morpholine rings is 1. The van der Waals surface area contributed by atoms with Crippen LogP contribution in [-0.2, 0) is 4.74 Å². The Morgan fingerprint density at radius 2 is 1.97 bits per heavy atom. The summed E-state index contributed by atoms with van der Waals surface area (Å²) in [5, 5.41) is 0.612. The van der Waals surface area contributed by atoms with E-state index in [9.17, 15) is 9.18 Å². The van der Waals surface area contributed by atoms with Gasteiger partial charge in [0.25, 0.3) is 5.91 Å². The first kappa shape index (κ1) is 20.9. The van der Waals surface area contributed by atoms with Crippen molar-refractivity contribution in [2.24, 2.45) is 0 Å². The van der Waals surface area contributed by atoms with Gasteiger partial charge in [-0.3, -0.25) is 14.6 Å². The van der Waals surface area contributed by atoms with E-state index in [2.05, 4.69) is 9.88 Å². The molecule has 0 atom stereocenters. The Balaban J connectivity index is 1.58. The van der Waals surface area contributed by atoms with E-state index in [4.69, 9.17) is 4.74 Å². The molecule has 30 heavy (non-hydrogen) atoms. The maximum Gasteiger partial charge on any atom is 0.260 e. The number of fused-ring (bicyclic) bond motifs is 1. The number of rotatable bonds is 6. The number of nitrogens with zero attached hydrogens (tertiary/aromatic N) is 3. The topological polar surface area (TPSA) is 45.7 Å². The van der Waals surface area contributed by atoms with E-state index in [1.807, 2.05) is 32.0 Å². The second-order valence-corrected chi connectivity index (χ2v) is 8.68. The van der Waals surface area contributed by atoms with Gasteiger partial charge < -0.3 is 4.74 Å². The summed E-state index contributed by atoms with van der Waals surface area (Å²) < 4.78 is 19.8. The first-order chi connectivity index (χ1) is 14.5. The molecule has 2 heterocycles. The Bertz CT molecular complexity index is 1050. The molecule has 7 heteroatoms. The molecule has 1 aliphatic heterocycles. The summed E-state index contributed by atoms with van der Waals surface area (Å²) in [5.41, 5.74) is 3.60. The molecule has 0 radical (unpaired) electrons. The second-order valence-electron chi connectivity index (χ2n) is 7.67. The van der Waals surface area contributed by atoms with E-state index < -0.39 is 0 Å². The fourth-order valence-electron chi connectivity index (χ4n) is 3.59. The monoisotopic (exact) mass is 427 g/mol. The largest absolute Gasteiger partial charge is 0.379 e. The van der Waals surface area contributed by atoms with Gasteiger partial charge in [-0.05, 0) is 61.7 Å². The smallest absolute Gasteiger partial charge is 0.260 e. The lowest BCUT2D eigenvalue weighted by Gasteiger charge is -2.27. The number of thiazole rings is 1. The van der Waals surface area contributed by atoms with Crippen LogP contribution in [0.15, 0.2) is 36.4 Å². The molecular formula is C23H26FN3O2S. The number of hydrogen-bond donors (Lipinski definition) is 0. The van der Waals surface area contributed by atoms with Crippen molar-refractivity contribution in [2.75, 3.05) is 44.3 Å². The van der Waals surface area contributed by atoms with Crippen LogP contribution in [0.25, 0.3) is 10.2 Å². The average molecular weight is 428 g/mol. The quantitative estimate of drug-likeness (QED) is 0.584. The highest BCUT2D eigenvalue weighted by Gasteiger charge is 2.22. The molecule has 0 aliphatic carbocycles. The standard InChI is InChI=1S/C23H26FN3O2S/c1-16-4-5-18(14-17(16)2)22(28)27(9-3-8-26-10-12-29-13-11-26)23-25-20-7-6-19(24)15-21(20)30-23/h4-7,14-15H,3,8-13H2,1-2H3. The van der Waals surface area contributed by atoms with Crippen molar-refractivity contribution < 1.29 is 13.9 Å². The molecule has 3 aromatic rings. The van der Waals surface area contributed by atoms with Gasteiger partial charge in [0.05, 0.1) is 23.4 Å². The normalized spacial score (nSPS) is 14.9. The Morgan fingerprint density at radius 1 is 1.17 bits per heavy atom. The van der Waals surface area contributed by atoms with Crippen molar-refractivity contribution in [1.82, 2.24) is 9.88 Å². The van der Waals surface area contributed by atoms with Crippen molar-refractivity contribution >= 4 is 32.6 Å². The van der Waals surface area contributed by atoms with E-state index >= 15 is 0 Å². The predicted octanol–water partition coefficient (Wildman–Crippen LogP) is 4.42. The minimum Gasteiger partial charge on any atom is -0.379 e. The molecule has 1 saturated heterocycles. The van der Waals surface area contributed by atoms with E-state index in [1.54, 1.807) is 11.0 Å².